The minimum Gasteiger partial charge on any atom is -0.592 e. The number of fused-ring (bicyclic) bond motifs is 1. The number of alkyl halides is 3. The predicted molar refractivity (Wildman–Crippen MR) is 77.0 cm³/mol. The summed E-state index contributed by atoms with van der Waals surface area (Å²) in [5.74, 6) is -3.10. The highest BCUT2D eigenvalue weighted by Crippen LogP contribution is 2.39. The summed E-state index contributed by atoms with van der Waals surface area (Å²) in [7, 11) is -4.24. The van der Waals surface area contributed by atoms with Crippen LogP contribution in [0.15, 0.2) is 35.3 Å². The van der Waals surface area contributed by atoms with Crippen LogP contribution in [0.5, 0.6) is 0 Å². The molecule has 2 atom stereocenters. The number of carbonyl (C=O) groups excluding carboxylic acids is 2. The van der Waals surface area contributed by atoms with Crippen molar-refractivity contribution < 1.29 is 44.7 Å². The van der Waals surface area contributed by atoms with Crippen molar-refractivity contribution in [2.24, 2.45) is 0 Å². The van der Waals surface area contributed by atoms with E-state index in [0.717, 1.165) is 32.4 Å². The van der Waals surface area contributed by atoms with Gasteiger partial charge in [0.15, 0.2) is 5.76 Å². The summed E-state index contributed by atoms with van der Waals surface area (Å²) in [5, 5.41) is -1.51. The van der Waals surface area contributed by atoms with Gasteiger partial charge in [-0.15, -0.1) is 0 Å². The van der Waals surface area contributed by atoms with E-state index in [-0.39, 0.29) is 0 Å². The van der Waals surface area contributed by atoms with E-state index >= 15 is 0 Å². The first-order chi connectivity index (χ1) is 11.4. The summed E-state index contributed by atoms with van der Waals surface area (Å²) in [6, 6.07) is 0. The molecule has 0 N–H and O–H groups in total. The molecule has 0 fully saturated rings. The topological polar surface area (TPSA) is 113 Å². The van der Waals surface area contributed by atoms with Gasteiger partial charge in [0.1, 0.15) is 0 Å². The van der Waals surface area contributed by atoms with Gasteiger partial charge >= 0.3 is 21.6 Å². The third kappa shape index (κ3) is 3.26. The van der Waals surface area contributed by atoms with Gasteiger partial charge in [-0.05, 0) is 12.2 Å². The Morgan fingerprint density at radius 1 is 1.40 bits per heavy atom. The number of esters is 1. The van der Waals surface area contributed by atoms with Crippen molar-refractivity contribution in [1.82, 2.24) is 4.31 Å². The number of allylic oxidation sites excluding steroid dienone is 4. The molecule has 0 aromatic heterocycles. The average Bonchev–Trinajstić information content (AvgIpc) is 2.50. The average molecular weight is 401 g/mol. The highest BCUT2D eigenvalue weighted by atomic mass is 32.2. The molecule has 1 aliphatic carbocycles. The van der Waals surface area contributed by atoms with Crippen LogP contribution in [0.4, 0.5) is 13.2 Å². The number of ketones is 1. The highest BCUT2D eigenvalue weighted by Gasteiger charge is 2.54. The van der Waals surface area contributed by atoms with E-state index < -0.39 is 61.0 Å². The number of carbonyl (C=O) groups is 2. The van der Waals surface area contributed by atoms with Crippen LogP contribution in [0, 0.1) is 0 Å². The maximum atomic E-state index is 12.6. The molecule has 0 aromatic rings. The van der Waals surface area contributed by atoms with Crippen molar-refractivity contribution in [1.29, 1.82) is 0 Å². The van der Waals surface area contributed by atoms with Gasteiger partial charge < -0.3 is 13.5 Å². The van der Waals surface area contributed by atoms with Crippen LogP contribution >= 0.6 is 0 Å². The molecule has 1 heterocycles. The largest absolute Gasteiger partial charge is 0.592 e. The Labute approximate surface area is 143 Å². The lowest BCUT2D eigenvalue weighted by molar-refractivity contribution is -0.137. The first-order valence-corrected chi connectivity index (χ1v) is 8.90. The number of likely N-dealkylation sites (N-methyl/N-ethyl adjacent to an activating group) is 1. The van der Waals surface area contributed by atoms with E-state index in [9.17, 15) is 35.7 Å². The van der Waals surface area contributed by atoms with Crippen molar-refractivity contribution in [3.05, 3.63) is 35.3 Å². The maximum Gasteiger partial charge on any atom is 0.534 e. The third-order valence-electron chi connectivity index (χ3n) is 3.20. The quantitative estimate of drug-likeness (QED) is 0.287. The fourth-order valence-corrected chi connectivity index (χ4v) is 3.89. The molecule has 0 saturated carbocycles. The van der Waals surface area contributed by atoms with E-state index in [1.54, 1.807) is 0 Å². The first-order valence-electron chi connectivity index (χ1n) is 6.32. The van der Waals surface area contributed by atoms with E-state index in [4.69, 9.17) is 0 Å². The molecule has 0 amide bonds. The van der Waals surface area contributed by atoms with Gasteiger partial charge in [0.2, 0.25) is 16.7 Å². The van der Waals surface area contributed by atoms with Crippen molar-refractivity contribution >= 4 is 33.2 Å². The van der Waals surface area contributed by atoms with Gasteiger partial charge in [-0.1, -0.05) is 6.08 Å². The first kappa shape index (κ1) is 19.3. The molecule has 1 aliphatic heterocycles. The van der Waals surface area contributed by atoms with Gasteiger partial charge in [-0.3, -0.25) is 4.79 Å². The Kier molecular flexibility index (Phi) is 4.94. The molecule has 2 rings (SSSR count). The molecule has 0 bridgehead atoms. The van der Waals surface area contributed by atoms with Crippen molar-refractivity contribution in [3.63, 3.8) is 0 Å². The number of hydrogen-bond donors (Lipinski definition) is 0. The van der Waals surface area contributed by atoms with E-state index in [1.165, 1.54) is 0 Å². The zero-order chi connectivity index (χ0) is 19.2. The second-order valence-corrected chi connectivity index (χ2v) is 7.80. The molecule has 0 spiro atoms. The minimum atomic E-state index is -6.15. The van der Waals surface area contributed by atoms with Crippen LogP contribution in [0.1, 0.15) is 0 Å². The summed E-state index contributed by atoms with van der Waals surface area (Å²) in [6.07, 6.45) is 3.16. The zero-order valence-electron chi connectivity index (χ0n) is 12.6. The Morgan fingerprint density at radius 2 is 2.00 bits per heavy atom. The lowest BCUT2D eigenvalue weighted by Gasteiger charge is -2.35. The zero-order valence-corrected chi connectivity index (χ0v) is 14.2. The molecule has 0 radical (unpaired) electrons. The van der Waals surface area contributed by atoms with Crippen molar-refractivity contribution in [2.75, 3.05) is 14.2 Å². The normalized spacial score (nSPS) is 24.0. The van der Waals surface area contributed by atoms with E-state index in [2.05, 4.69) is 8.92 Å². The summed E-state index contributed by atoms with van der Waals surface area (Å²) in [4.78, 5) is 23.8. The van der Waals surface area contributed by atoms with Gasteiger partial charge in [-0.2, -0.15) is 25.9 Å². The number of halogens is 3. The SMILES string of the molecule is COC(=O)C1=C(OS(=O)(=O)C(F)(F)F)C2=CC=CC(=O)C2[S+]([O-])N1C. The summed E-state index contributed by atoms with van der Waals surface area (Å²) < 4.78 is 82.2. The summed E-state index contributed by atoms with van der Waals surface area (Å²) >= 11 is -2.20. The molecule has 2 unspecified atom stereocenters. The van der Waals surface area contributed by atoms with E-state index in [0.29, 0.717) is 4.31 Å². The van der Waals surface area contributed by atoms with Crippen LogP contribution in [0.2, 0.25) is 0 Å². The van der Waals surface area contributed by atoms with Gasteiger partial charge in [-0.25, -0.2) is 4.79 Å². The highest BCUT2D eigenvalue weighted by molar-refractivity contribution is 7.91. The molecule has 13 heteroatoms. The second kappa shape index (κ2) is 6.38. The van der Waals surface area contributed by atoms with Crippen LogP contribution < -0.4 is 0 Å². The van der Waals surface area contributed by atoms with Crippen LogP contribution in [0.3, 0.4) is 0 Å². The number of ether oxygens (including phenoxy) is 1. The fraction of sp³-hybridized carbons (Fsp3) is 0.333. The van der Waals surface area contributed by atoms with Crippen molar-refractivity contribution in [3.8, 4) is 0 Å². The summed E-state index contributed by atoms with van der Waals surface area (Å²) in [5.41, 5.74) is -7.03. The monoisotopic (exact) mass is 401 g/mol. The predicted octanol–water partition coefficient (Wildman–Crippen LogP) is 0.280. The molecule has 0 aromatic carbocycles. The number of hydrogen-bond acceptors (Lipinski definition) is 8. The van der Waals surface area contributed by atoms with Crippen molar-refractivity contribution in [2.45, 2.75) is 10.8 Å². The number of rotatable bonds is 3. The third-order valence-corrected chi connectivity index (χ3v) is 5.76. The number of nitrogens with zero attached hydrogens (tertiary/aromatic N) is 1. The lowest BCUT2D eigenvalue weighted by atomic mass is 10.00. The molecular formula is C12H10F3NO7S2. The molecule has 0 saturated heterocycles. The Balaban J connectivity index is 2.71. The van der Waals surface area contributed by atoms with E-state index in [1.807, 2.05) is 0 Å². The Hall–Kier alpha value is -1.99. The molecule has 138 valence electrons. The Morgan fingerprint density at radius 3 is 2.52 bits per heavy atom. The molecule has 8 nitrogen and oxygen atoms in total. The molecular weight excluding hydrogens is 391 g/mol. The minimum absolute atomic E-state index is 0.433. The maximum absolute atomic E-state index is 12.6. The number of methoxy groups -OCH3 is 1. The fourth-order valence-electron chi connectivity index (χ4n) is 2.07. The van der Waals surface area contributed by atoms with Gasteiger partial charge in [0.05, 0.1) is 31.1 Å². The second-order valence-electron chi connectivity index (χ2n) is 4.69. The summed E-state index contributed by atoms with van der Waals surface area (Å²) in [6.45, 7) is 0. The van der Waals surface area contributed by atoms with Crippen LogP contribution in [-0.2, 0) is 40.0 Å². The lowest BCUT2D eigenvalue weighted by Crippen LogP contribution is -2.48. The van der Waals surface area contributed by atoms with Crippen LogP contribution in [0.25, 0.3) is 0 Å². The van der Waals surface area contributed by atoms with Crippen LogP contribution in [-0.4, -0.2) is 53.9 Å². The smallest absolute Gasteiger partial charge is 0.534 e. The molecule has 25 heavy (non-hydrogen) atoms. The van der Waals surface area contributed by atoms with Gasteiger partial charge in [0.25, 0.3) is 0 Å². The van der Waals surface area contributed by atoms with Gasteiger partial charge in [0, 0.05) is 0 Å². The molecule has 2 aliphatic rings. The standard InChI is InChI=1S/C12H10F3NO7S2/c1-16-8(11(18)22-2)9(23-25(20,21)12(13,14)15)6-4-3-5-7(17)10(6)24(16)19/h3-5,10H,1-2H3. The Bertz CT molecular complexity index is 813.